The first kappa shape index (κ1) is 37.8. The SMILES string of the molecule is CCc1cc2c(c3c1CCC3)N(c1ccc3c4ccccc4c4ccccc4c3c1)c1cccc3c1B2c1cc(CC)c2c(c1N3c1ccc3c4ccccc4c4ccccc4c3c1)CCC2. The van der Waals surface area contributed by atoms with E-state index in [2.05, 4.69) is 187 Å². The third-order valence-electron chi connectivity index (χ3n) is 16.6. The highest BCUT2D eigenvalue weighted by molar-refractivity contribution is 7.00. The van der Waals surface area contributed by atoms with Crippen LogP contribution < -0.4 is 26.2 Å². The number of nitrogens with zero attached hydrogens (tertiary/aromatic N) is 2. The molecule has 3 heteroatoms. The molecule has 0 amide bonds. The van der Waals surface area contributed by atoms with Crippen molar-refractivity contribution in [2.45, 2.75) is 65.2 Å². The summed E-state index contributed by atoms with van der Waals surface area (Å²) in [6.45, 7) is 4.88. The number of anilines is 6. The third kappa shape index (κ3) is 5.07. The Morgan fingerprint density at radius 1 is 0.358 bits per heavy atom. The molecule has 0 spiro atoms. The van der Waals surface area contributed by atoms with E-state index in [9.17, 15) is 0 Å². The Kier molecular flexibility index (Phi) is 7.95. The number of aryl methyl sites for hydroxylation is 2. The molecular formula is C64H49BN2. The van der Waals surface area contributed by atoms with Crippen molar-refractivity contribution in [2.24, 2.45) is 0 Å². The first-order valence-corrected chi connectivity index (χ1v) is 24.9. The van der Waals surface area contributed by atoms with Crippen LogP contribution >= 0.6 is 0 Å². The van der Waals surface area contributed by atoms with E-state index in [-0.39, 0.29) is 6.71 Å². The van der Waals surface area contributed by atoms with E-state index in [4.69, 9.17) is 0 Å². The van der Waals surface area contributed by atoms with E-state index in [0.717, 1.165) is 38.5 Å². The van der Waals surface area contributed by atoms with Gasteiger partial charge in [-0.05, 0) is 202 Å². The van der Waals surface area contributed by atoms with Crippen LogP contribution in [0.2, 0.25) is 0 Å². The average Bonchev–Trinajstić information content (AvgIpc) is 4.10. The fourth-order valence-electron chi connectivity index (χ4n) is 13.9. The van der Waals surface area contributed by atoms with E-state index in [1.165, 1.54) is 139 Å². The molecule has 0 atom stereocenters. The van der Waals surface area contributed by atoms with Gasteiger partial charge in [0.15, 0.2) is 0 Å². The monoisotopic (exact) mass is 856 g/mol. The van der Waals surface area contributed by atoms with Crippen LogP contribution in [0.1, 0.15) is 60.1 Å². The lowest BCUT2D eigenvalue weighted by atomic mass is 9.33. The summed E-state index contributed by atoms with van der Waals surface area (Å²) >= 11 is 0. The summed E-state index contributed by atoms with van der Waals surface area (Å²) in [5.41, 5.74) is 21.8. The average molecular weight is 857 g/mol. The van der Waals surface area contributed by atoms with Crippen molar-refractivity contribution >= 4 is 122 Å². The van der Waals surface area contributed by atoms with Crippen LogP contribution in [0.3, 0.4) is 0 Å². The molecule has 11 aromatic rings. The Morgan fingerprint density at radius 3 is 1.07 bits per heavy atom. The minimum absolute atomic E-state index is 0.117. The molecule has 4 aliphatic rings. The molecule has 0 radical (unpaired) electrons. The van der Waals surface area contributed by atoms with E-state index in [0.29, 0.717) is 0 Å². The number of hydrogen-bond donors (Lipinski definition) is 0. The lowest BCUT2D eigenvalue weighted by Gasteiger charge is -2.46. The van der Waals surface area contributed by atoms with Crippen LogP contribution in [-0.2, 0) is 38.5 Å². The molecule has 0 N–H and O–H groups in total. The standard InChI is InChI=1S/C64H49BN2/c1-3-38-34-58-63(54-26-13-24-42(38)54)66(40-30-32-52-48-20-7-5-16-44(48)46-18-9-11-22-50(46)56(52)36-40)60-28-15-29-61-62(60)65(58)59-35-39(4-2)43-25-14-27-55(43)64(59)67(61)41-31-33-53-49-21-8-6-17-45(49)47-19-10-12-23-51(47)57(53)37-41/h5-12,15-23,28-37H,3-4,13-14,24-27H2,1-2H3. The van der Waals surface area contributed by atoms with Gasteiger partial charge in [-0.1, -0.05) is 141 Å². The number of rotatable bonds is 4. The molecule has 0 saturated heterocycles. The minimum Gasteiger partial charge on any atom is -0.311 e. The van der Waals surface area contributed by atoms with Crippen LogP contribution in [0.4, 0.5) is 34.1 Å². The zero-order chi connectivity index (χ0) is 44.1. The Balaban J connectivity index is 1.05. The quantitative estimate of drug-likeness (QED) is 0.129. The van der Waals surface area contributed by atoms with Gasteiger partial charge in [-0.15, -0.1) is 0 Å². The lowest BCUT2D eigenvalue weighted by molar-refractivity contribution is 0.904. The maximum Gasteiger partial charge on any atom is 0.252 e. The van der Waals surface area contributed by atoms with Crippen LogP contribution in [0.25, 0.3) is 64.6 Å². The zero-order valence-corrected chi connectivity index (χ0v) is 38.2. The van der Waals surface area contributed by atoms with Gasteiger partial charge in [0.25, 0.3) is 6.71 Å². The first-order chi connectivity index (χ1) is 33.2. The molecule has 318 valence electrons. The Morgan fingerprint density at radius 2 is 0.701 bits per heavy atom. The van der Waals surface area contributed by atoms with Gasteiger partial charge in [-0.3, -0.25) is 0 Å². The van der Waals surface area contributed by atoms with Crippen LogP contribution in [-0.4, -0.2) is 6.71 Å². The molecule has 0 saturated carbocycles. The summed E-state index contributed by atoms with van der Waals surface area (Å²) in [7, 11) is 0. The summed E-state index contributed by atoms with van der Waals surface area (Å²) in [5.74, 6) is 0. The maximum atomic E-state index is 2.72. The molecule has 0 aromatic heterocycles. The summed E-state index contributed by atoms with van der Waals surface area (Å²) in [4.78, 5) is 5.43. The highest BCUT2D eigenvalue weighted by Crippen LogP contribution is 2.51. The predicted octanol–water partition coefficient (Wildman–Crippen LogP) is 14.8. The van der Waals surface area contributed by atoms with Crippen LogP contribution in [0.15, 0.2) is 164 Å². The van der Waals surface area contributed by atoms with Crippen molar-refractivity contribution in [1.82, 2.24) is 0 Å². The molecule has 2 aliphatic heterocycles. The first-order valence-electron chi connectivity index (χ1n) is 24.9. The summed E-state index contributed by atoms with van der Waals surface area (Å²) < 4.78 is 0. The van der Waals surface area contributed by atoms with Gasteiger partial charge in [0.05, 0.1) is 0 Å². The lowest BCUT2D eigenvalue weighted by Crippen LogP contribution is -2.62. The largest absolute Gasteiger partial charge is 0.311 e. The topological polar surface area (TPSA) is 6.48 Å². The predicted molar refractivity (Wildman–Crippen MR) is 288 cm³/mol. The van der Waals surface area contributed by atoms with Crippen molar-refractivity contribution in [2.75, 3.05) is 9.80 Å². The van der Waals surface area contributed by atoms with Gasteiger partial charge < -0.3 is 9.80 Å². The molecule has 2 aliphatic carbocycles. The molecule has 0 unspecified atom stereocenters. The van der Waals surface area contributed by atoms with E-state index >= 15 is 0 Å². The van der Waals surface area contributed by atoms with Crippen molar-refractivity contribution in [3.63, 3.8) is 0 Å². The Bertz CT molecular complexity index is 3670. The second-order valence-corrected chi connectivity index (χ2v) is 19.7. The van der Waals surface area contributed by atoms with Gasteiger partial charge in [0, 0.05) is 34.1 Å². The van der Waals surface area contributed by atoms with Gasteiger partial charge >= 0.3 is 0 Å². The molecule has 0 bridgehead atoms. The van der Waals surface area contributed by atoms with E-state index in [1.807, 2.05) is 0 Å². The van der Waals surface area contributed by atoms with Gasteiger partial charge in [0.1, 0.15) is 0 Å². The van der Waals surface area contributed by atoms with Crippen molar-refractivity contribution in [3.8, 4) is 0 Å². The van der Waals surface area contributed by atoms with E-state index < -0.39 is 0 Å². The molecule has 0 fully saturated rings. The third-order valence-corrected chi connectivity index (χ3v) is 16.6. The number of fused-ring (bicyclic) bond motifs is 20. The molecule has 67 heavy (non-hydrogen) atoms. The minimum atomic E-state index is 0.117. The smallest absolute Gasteiger partial charge is 0.252 e. The van der Waals surface area contributed by atoms with Crippen molar-refractivity contribution < 1.29 is 0 Å². The summed E-state index contributed by atoms with van der Waals surface area (Å²) in [5, 5.41) is 15.8. The highest BCUT2D eigenvalue weighted by atomic mass is 15.2. The Hall–Kier alpha value is -7.36. The fraction of sp³-hybridized carbons (Fsp3) is 0.156. The molecule has 11 aromatic carbocycles. The maximum absolute atomic E-state index is 2.72. The molecule has 15 rings (SSSR count). The van der Waals surface area contributed by atoms with Crippen molar-refractivity contribution in [3.05, 3.63) is 197 Å². The zero-order valence-electron chi connectivity index (χ0n) is 38.2. The molecular weight excluding hydrogens is 808 g/mol. The normalized spacial score (nSPS) is 14.7. The fourth-order valence-corrected chi connectivity index (χ4v) is 13.9. The second-order valence-electron chi connectivity index (χ2n) is 19.7. The molecule has 2 heterocycles. The van der Waals surface area contributed by atoms with Gasteiger partial charge in [0.2, 0.25) is 0 Å². The van der Waals surface area contributed by atoms with Crippen LogP contribution in [0, 0.1) is 0 Å². The highest BCUT2D eigenvalue weighted by Gasteiger charge is 2.46. The van der Waals surface area contributed by atoms with Crippen LogP contribution in [0.5, 0.6) is 0 Å². The number of hydrogen-bond acceptors (Lipinski definition) is 2. The van der Waals surface area contributed by atoms with Crippen molar-refractivity contribution in [1.29, 1.82) is 0 Å². The van der Waals surface area contributed by atoms with E-state index in [1.54, 1.807) is 22.3 Å². The van der Waals surface area contributed by atoms with Gasteiger partial charge in [-0.2, -0.15) is 0 Å². The summed E-state index contributed by atoms with van der Waals surface area (Å²) in [6, 6.07) is 63.4. The molecule has 2 nitrogen and oxygen atoms in total. The number of benzene rings is 11. The second kappa shape index (κ2) is 14.1. The Labute approximate surface area is 392 Å². The van der Waals surface area contributed by atoms with Gasteiger partial charge in [-0.25, -0.2) is 0 Å². The summed E-state index contributed by atoms with van der Waals surface area (Å²) in [6.07, 6.45) is 9.08.